The van der Waals surface area contributed by atoms with Gasteiger partial charge in [-0.1, -0.05) is 6.07 Å². The van der Waals surface area contributed by atoms with Crippen LogP contribution in [0.4, 0.5) is 4.79 Å². The molecule has 1 aliphatic rings. The Balaban J connectivity index is 1.56. The lowest BCUT2D eigenvalue weighted by molar-refractivity contribution is 0.114. The number of hydrogen-bond donors (Lipinski definition) is 1. The van der Waals surface area contributed by atoms with Crippen molar-refractivity contribution in [3.05, 3.63) is 28.6 Å². The molecule has 1 N–H and O–H groups in total. The molecule has 20 heavy (non-hydrogen) atoms. The van der Waals surface area contributed by atoms with E-state index in [2.05, 4.69) is 32.0 Å². The monoisotopic (exact) mass is 309 g/mol. The van der Waals surface area contributed by atoms with Gasteiger partial charge in [-0.2, -0.15) is 0 Å². The third-order valence-electron chi connectivity index (χ3n) is 2.98. The number of cyclic esters (lactones) is 1. The smallest absolute Gasteiger partial charge is 0.407 e. The third-order valence-corrected chi connectivity index (χ3v) is 4.91. The first-order chi connectivity index (χ1) is 9.70. The van der Waals surface area contributed by atoms with E-state index in [0.717, 1.165) is 17.2 Å². The summed E-state index contributed by atoms with van der Waals surface area (Å²) in [6.07, 6.45) is -0.389. The van der Waals surface area contributed by atoms with Gasteiger partial charge in [0.2, 0.25) is 0 Å². The van der Waals surface area contributed by atoms with Crippen LogP contribution in [0.15, 0.2) is 22.9 Å². The Morgan fingerprint density at radius 3 is 3.15 bits per heavy atom. The Hall–Kier alpha value is -1.44. The van der Waals surface area contributed by atoms with E-state index in [1.807, 2.05) is 13.1 Å². The Labute approximate surface area is 125 Å². The summed E-state index contributed by atoms with van der Waals surface area (Å²) in [4.78, 5) is 18.9. The molecule has 7 heteroatoms. The molecule has 2 aromatic heterocycles. The highest BCUT2D eigenvalue weighted by molar-refractivity contribution is 7.20. The predicted molar refractivity (Wildman–Crippen MR) is 80.0 cm³/mol. The molecule has 106 valence electrons. The lowest BCUT2D eigenvalue weighted by Gasteiger charge is -2.18. The van der Waals surface area contributed by atoms with Crippen LogP contribution in [0.3, 0.4) is 0 Å². The van der Waals surface area contributed by atoms with E-state index in [1.165, 1.54) is 4.88 Å². The predicted octanol–water partition coefficient (Wildman–Crippen LogP) is 2.41. The number of nitrogens with one attached hydrogen (secondary N) is 1. The van der Waals surface area contributed by atoms with E-state index in [4.69, 9.17) is 4.74 Å². The zero-order chi connectivity index (χ0) is 13.9. The van der Waals surface area contributed by atoms with Gasteiger partial charge in [-0.25, -0.2) is 9.78 Å². The molecule has 0 spiro atoms. The number of carbonyl (C=O) groups is 1. The number of likely N-dealkylation sites (N-methyl/N-ethyl adjacent to an activating group) is 1. The van der Waals surface area contributed by atoms with Crippen molar-refractivity contribution in [2.45, 2.75) is 12.6 Å². The molecule has 1 fully saturated rings. The summed E-state index contributed by atoms with van der Waals surface area (Å²) in [6, 6.07) is 4.12. The molecule has 1 amide bonds. The van der Waals surface area contributed by atoms with Crippen molar-refractivity contribution < 1.29 is 9.53 Å². The molecule has 1 unspecified atom stereocenters. The van der Waals surface area contributed by atoms with Crippen molar-refractivity contribution in [1.82, 2.24) is 15.2 Å². The number of rotatable bonds is 5. The summed E-state index contributed by atoms with van der Waals surface area (Å²) in [5.74, 6) is 0. The van der Waals surface area contributed by atoms with Gasteiger partial charge in [0.25, 0.3) is 0 Å². The third kappa shape index (κ3) is 3.17. The lowest BCUT2D eigenvalue weighted by atomic mass is 10.3. The summed E-state index contributed by atoms with van der Waals surface area (Å²) in [6.45, 7) is 2.06. The molecule has 0 radical (unpaired) electrons. The van der Waals surface area contributed by atoms with Crippen LogP contribution in [-0.2, 0) is 11.3 Å². The molecule has 3 heterocycles. The summed E-state index contributed by atoms with van der Waals surface area (Å²) in [5.41, 5.74) is 1.05. The van der Waals surface area contributed by atoms with Crippen LogP contribution in [0.25, 0.3) is 9.88 Å². The van der Waals surface area contributed by atoms with Gasteiger partial charge in [0.05, 0.1) is 17.1 Å². The first-order valence-corrected chi connectivity index (χ1v) is 8.08. The Morgan fingerprint density at radius 2 is 2.45 bits per heavy atom. The first-order valence-electron chi connectivity index (χ1n) is 6.32. The Kier molecular flexibility index (Phi) is 4.00. The maximum Gasteiger partial charge on any atom is 0.407 e. The Morgan fingerprint density at radius 1 is 1.55 bits per heavy atom. The van der Waals surface area contributed by atoms with Crippen molar-refractivity contribution in [3.63, 3.8) is 0 Å². The maximum absolute atomic E-state index is 11.0. The van der Waals surface area contributed by atoms with Crippen LogP contribution in [0.2, 0.25) is 0 Å². The Bertz CT molecular complexity index is 582. The quantitative estimate of drug-likeness (QED) is 0.921. The van der Waals surface area contributed by atoms with Crippen LogP contribution in [-0.4, -0.2) is 42.2 Å². The van der Waals surface area contributed by atoms with Crippen molar-refractivity contribution in [2.75, 3.05) is 20.1 Å². The van der Waals surface area contributed by atoms with E-state index >= 15 is 0 Å². The van der Waals surface area contributed by atoms with E-state index in [9.17, 15) is 4.79 Å². The summed E-state index contributed by atoms with van der Waals surface area (Å²) in [5, 5.41) is 7.88. The summed E-state index contributed by atoms with van der Waals surface area (Å²) >= 11 is 3.37. The highest BCUT2D eigenvalue weighted by Gasteiger charge is 2.23. The van der Waals surface area contributed by atoms with Gasteiger partial charge < -0.3 is 10.1 Å². The second kappa shape index (κ2) is 5.90. The molecule has 0 aromatic carbocycles. The number of aromatic nitrogens is 1. The molecule has 0 bridgehead atoms. The molecule has 1 atom stereocenters. The van der Waals surface area contributed by atoms with E-state index in [-0.39, 0.29) is 12.2 Å². The van der Waals surface area contributed by atoms with Gasteiger partial charge in [-0.3, -0.25) is 4.90 Å². The number of amides is 1. The number of alkyl carbamates (subject to hydrolysis) is 1. The molecule has 3 rings (SSSR count). The molecule has 5 nitrogen and oxygen atoms in total. The lowest BCUT2D eigenvalue weighted by Crippen LogP contribution is -2.31. The molecule has 0 aliphatic carbocycles. The number of ether oxygens (including phenoxy) is 1. The molecular weight excluding hydrogens is 294 g/mol. The zero-order valence-corrected chi connectivity index (χ0v) is 12.7. The molecule has 1 aliphatic heterocycles. The minimum absolute atomic E-state index is 0.0668. The van der Waals surface area contributed by atoms with Crippen molar-refractivity contribution >= 4 is 28.8 Å². The van der Waals surface area contributed by atoms with Crippen LogP contribution >= 0.6 is 22.7 Å². The van der Waals surface area contributed by atoms with E-state index < -0.39 is 0 Å². The van der Waals surface area contributed by atoms with Gasteiger partial charge in [0.15, 0.2) is 0 Å². The first kappa shape index (κ1) is 13.5. The number of thiophene rings is 1. The second-order valence-electron chi connectivity index (χ2n) is 4.73. The number of hydrogen-bond acceptors (Lipinski definition) is 6. The molecule has 0 saturated carbocycles. The average Bonchev–Trinajstić information content (AvgIpc) is 3.10. The fraction of sp³-hybridized carbons (Fsp3) is 0.385. The molecule has 1 saturated heterocycles. The van der Waals surface area contributed by atoms with Gasteiger partial charge in [0, 0.05) is 18.5 Å². The molecule has 2 aromatic rings. The van der Waals surface area contributed by atoms with Crippen LogP contribution in [0.1, 0.15) is 5.69 Å². The van der Waals surface area contributed by atoms with Gasteiger partial charge in [-0.05, 0) is 18.5 Å². The van der Waals surface area contributed by atoms with Crippen LogP contribution in [0.5, 0.6) is 0 Å². The van der Waals surface area contributed by atoms with Crippen molar-refractivity contribution in [3.8, 4) is 9.88 Å². The topological polar surface area (TPSA) is 54.5 Å². The summed E-state index contributed by atoms with van der Waals surface area (Å²) in [7, 11) is 2.01. The van der Waals surface area contributed by atoms with Gasteiger partial charge >= 0.3 is 6.09 Å². The highest BCUT2D eigenvalue weighted by atomic mass is 32.1. The number of thiazole rings is 1. The fourth-order valence-electron chi connectivity index (χ4n) is 2.12. The zero-order valence-electron chi connectivity index (χ0n) is 11.0. The number of carbonyl (C=O) groups excluding carboxylic acids is 1. The van der Waals surface area contributed by atoms with E-state index in [1.54, 1.807) is 22.7 Å². The normalized spacial score (nSPS) is 18.3. The summed E-state index contributed by atoms with van der Waals surface area (Å²) < 4.78 is 5.13. The van der Waals surface area contributed by atoms with Crippen LogP contribution in [0, 0.1) is 0 Å². The molecular formula is C13H15N3O2S2. The largest absolute Gasteiger partial charge is 0.443 e. The maximum atomic E-state index is 11.0. The van der Waals surface area contributed by atoms with Crippen molar-refractivity contribution in [1.29, 1.82) is 0 Å². The minimum atomic E-state index is -0.322. The standard InChI is InChI=1S/C13H15N3O2S2/c1-16(7-10-5-14-13(17)18-10)6-9-8-20-12(15-9)11-3-2-4-19-11/h2-4,8,10H,5-7H2,1H3,(H,14,17). The fourth-order valence-corrected chi connectivity index (χ4v) is 3.74. The second-order valence-corrected chi connectivity index (χ2v) is 6.53. The highest BCUT2D eigenvalue weighted by Crippen LogP contribution is 2.28. The van der Waals surface area contributed by atoms with E-state index in [0.29, 0.717) is 13.1 Å². The van der Waals surface area contributed by atoms with Crippen molar-refractivity contribution in [2.24, 2.45) is 0 Å². The van der Waals surface area contributed by atoms with Gasteiger partial charge in [0.1, 0.15) is 11.1 Å². The number of nitrogens with zero attached hydrogens (tertiary/aromatic N) is 2. The SMILES string of the molecule is CN(Cc1csc(-c2cccs2)n1)CC1CNC(=O)O1. The van der Waals surface area contributed by atoms with Crippen LogP contribution < -0.4 is 5.32 Å². The minimum Gasteiger partial charge on any atom is -0.443 e. The average molecular weight is 309 g/mol. The van der Waals surface area contributed by atoms with Gasteiger partial charge in [-0.15, -0.1) is 22.7 Å².